The van der Waals surface area contributed by atoms with E-state index in [0.717, 1.165) is 38.5 Å². The molecular weight excluding hydrogens is 805 g/mol. The van der Waals surface area contributed by atoms with Crippen LogP contribution in [0.15, 0.2) is 0 Å². The smallest absolute Gasteiger partial charge is 0.306 e. The van der Waals surface area contributed by atoms with Gasteiger partial charge in [-0.1, -0.05) is 194 Å². The first-order valence-electron chi connectivity index (χ1n) is 26.9. The SMILES string of the molecule is CCCCCCCCCCCCCCCCCC(=O)OC[C@@H]1C[C@@H](OC(=O)CCCCCCCCCCCCCCCCC)CN1C(=O)CCC(=O)NCC(C)(C)OCC(C)(C)OC. The highest BCUT2D eigenvalue weighted by Gasteiger charge is 2.38. The predicted octanol–water partition coefficient (Wildman–Crippen LogP) is 13.7. The summed E-state index contributed by atoms with van der Waals surface area (Å²) in [6.45, 7) is 13.2. The van der Waals surface area contributed by atoms with E-state index in [2.05, 4.69) is 19.2 Å². The molecule has 376 valence electrons. The zero-order chi connectivity index (χ0) is 47.2. The van der Waals surface area contributed by atoms with Crippen molar-refractivity contribution in [3.05, 3.63) is 0 Å². The quantitative estimate of drug-likeness (QED) is 0.0474. The van der Waals surface area contributed by atoms with Crippen molar-refractivity contribution in [3.63, 3.8) is 0 Å². The van der Waals surface area contributed by atoms with E-state index in [1.807, 2.05) is 27.7 Å². The molecule has 64 heavy (non-hydrogen) atoms. The summed E-state index contributed by atoms with van der Waals surface area (Å²) >= 11 is 0. The average molecular weight is 907 g/mol. The minimum absolute atomic E-state index is 0.00713. The number of carbonyl (C=O) groups excluding carboxylic acids is 4. The molecule has 2 amide bonds. The van der Waals surface area contributed by atoms with Gasteiger partial charge in [0.15, 0.2) is 0 Å². The van der Waals surface area contributed by atoms with E-state index >= 15 is 0 Å². The molecule has 1 N–H and O–H groups in total. The number of unbranched alkanes of at least 4 members (excludes halogenated alkanes) is 28. The zero-order valence-electron chi connectivity index (χ0n) is 42.9. The van der Waals surface area contributed by atoms with E-state index in [1.54, 1.807) is 12.0 Å². The molecule has 1 aliphatic heterocycles. The van der Waals surface area contributed by atoms with Gasteiger partial charge >= 0.3 is 11.9 Å². The first kappa shape index (κ1) is 59.8. The summed E-state index contributed by atoms with van der Waals surface area (Å²) in [7, 11) is 1.64. The van der Waals surface area contributed by atoms with Crippen molar-refractivity contribution < 1.29 is 38.1 Å². The monoisotopic (exact) mass is 907 g/mol. The number of nitrogens with zero attached hydrogens (tertiary/aromatic N) is 1. The molecule has 2 atom stereocenters. The molecule has 0 saturated carbocycles. The number of amides is 2. The molecule has 10 nitrogen and oxygen atoms in total. The van der Waals surface area contributed by atoms with E-state index in [4.69, 9.17) is 18.9 Å². The summed E-state index contributed by atoms with van der Waals surface area (Å²) in [6, 6.07) is -0.402. The van der Waals surface area contributed by atoms with Gasteiger partial charge in [0.05, 0.1) is 30.4 Å². The van der Waals surface area contributed by atoms with E-state index < -0.39 is 23.3 Å². The number of likely N-dealkylation sites (tertiary alicyclic amines) is 1. The van der Waals surface area contributed by atoms with Gasteiger partial charge in [-0.2, -0.15) is 0 Å². The normalized spacial score (nSPS) is 15.5. The number of carbonyl (C=O) groups is 4. The van der Waals surface area contributed by atoms with Crippen molar-refractivity contribution >= 4 is 23.8 Å². The van der Waals surface area contributed by atoms with Crippen molar-refractivity contribution in [2.45, 2.75) is 290 Å². The second-order valence-electron chi connectivity index (χ2n) is 20.4. The van der Waals surface area contributed by atoms with E-state index in [9.17, 15) is 19.2 Å². The molecule has 0 bridgehead atoms. The maximum absolute atomic E-state index is 13.6. The maximum Gasteiger partial charge on any atom is 0.306 e. The Hall–Kier alpha value is -2.20. The summed E-state index contributed by atoms with van der Waals surface area (Å²) in [5, 5.41) is 2.90. The molecular formula is C54H102N2O8. The van der Waals surface area contributed by atoms with Crippen LogP contribution in [0.3, 0.4) is 0 Å². The van der Waals surface area contributed by atoms with E-state index in [1.165, 1.54) is 154 Å². The average Bonchev–Trinajstić information content (AvgIpc) is 3.68. The summed E-state index contributed by atoms with van der Waals surface area (Å²) < 4.78 is 23.0. The number of esters is 2. The second-order valence-corrected chi connectivity index (χ2v) is 20.4. The van der Waals surface area contributed by atoms with Crippen LogP contribution < -0.4 is 5.32 Å². The van der Waals surface area contributed by atoms with E-state index in [0.29, 0.717) is 32.4 Å². The van der Waals surface area contributed by atoms with Crippen molar-refractivity contribution in [2.24, 2.45) is 0 Å². The van der Waals surface area contributed by atoms with Crippen molar-refractivity contribution in [1.29, 1.82) is 0 Å². The largest absolute Gasteiger partial charge is 0.463 e. The fraction of sp³-hybridized carbons (Fsp3) is 0.926. The third-order valence-corrected chi connectivity index (χ3v) is 13.0. The van der Waals surface area contributed by atoms with Gasteiger partial charge in [-0.3, -0.25) is 19.2 Å². The third kappa shape index (κ3) is 34.2. The second kappa shape index (κ2) is 38.9. The minimum atomic E-state index is -0.616. The molecule has 1 fully saturated rings. The van der Waals surface area contributed by atoms with Gasteiger partial charge in [-0.15, -0.1) is 0 Å². The van der Waals surface area contributed by atoms with Gasteiger partial charge in [0.2, 0.25) is 11.8 Å². The highest BCUT2D eigenvalue weighted by molar-refractivity contribution is 5.84. The highest BCUT2D eigenvalue weighted by atomic mass is 16.6. The lowest BCUT2D eigenvalue weighted by atomic mass is 10.0. The summed E-state index contributed by atoms with van der Waals surface area (Å²) in [6.07, 6.45) is 38.7. The van der Waals surface area contributed by atoms with Crippen LogP contribution >= 0.6 is 0 Å². The standard InChI is InChI=1S/C54H102N2O8/c1-8-10-12-14-16-18-20-22-24-26-28-30-32-34-36-38-51(59)62-44-47-42-48(64-52(60)39-37-35-33-31-29-27-25-23-21-19-17-15-13-11-9-2)43-56(47)50(58)41-40-49(57)55-45-53(3,4)63-46-54(5,6)61-7/h47-48H,8-46H2,1-7H3,(H,55,57)/t47-,48+/m0/s1. The number of hydrogen-bond acceptors (Lipinski definition) is 8. The van der Waals surface area contributed by atoms with E-state index in [-0.39, 0.29) is 49.7 Å². The van der Waals surface area contributed by atoms with Crippen LogP contribution in [0.5, 0.6) is 0 Å². The molecule has 0 aromatic carbocycles. The fourth-order valence-corrected chi connectivity index (χ4v) is 8.45. The summed E-state index contributed by atoms with van der Waals surface area (Å²) in [4.78, 5) is 53.8. The molecule has 0 aromatic heterocycles. The predicted molar refractivity (Wildman–Crippen MR) is 263 cm³/mol. The van der Waals surface area contributed by atoms with Gasteiger partial charge in [0.1, 0.15) is 12.7 Å². The zero-order valence-corrected chi connectivity index (χ0v) is 42.9. The van der Waals surface area contributed by atoms with Crippen LogP contribution in [0.2, 0.25) is 0 Å². The Kier molecular flexibility index (Phi) is 36.3. The summed E-state index contributed by atoms with van der Waals surface area (Å²) in [5.74, 6) is -0.949. The number of rotatable bonds is 44. The van der Waals surface area contributed by atoms with Crippen LogP contribution in [0.4, 0.5) is 0 Å². The Morgan fingerprint density at radius 1 is 0.531 bits per heavy atom. The fourth-order valence-electron chi connectivity index (χ4n) is 8.45. The Labute approximate surface area is 393 Å². The van der Waals surface area contributed by atoms with Crippen LogP contribution in [0.1, 0.15) is 266 Å². The van der Waals surface area contributed by atoms with Gasteiger partial charge in [-0.05, 0) is 40.5 Å². The Morgan fingerprint density at radius 3 is 1.36 bits per heavy atom. The molecule has 1 heterocycles. The lowest BCUT2D eigenvalue weighted by Gasteiger charge is -2.31. The molecule has 0 unspecified atom stereocenters. The Morgan fingerprint density at radius 2 is 0.938 bits per heavy atom. The molecule has 0 aromatic rings. The van der Waals surface area contributed by atoms with Crippen LogP contribution in [0, 0.1) is 0 Å². The van der Waals surface area contributed by atoms with Gasteiger partial charge in [0, 0.05) is 45.8 Å². The first-order chi connectivity index (χ1) is 30.8. The summed E-state index contributed by atoms with van der Waals surface area (Å²) in [5.41, 5.74) is -1.06. The van der Waals surface area contributed by atoms with Crippen LogP contribution in [0.25, 0.3) is 0 Å². The topological polar surface area (TPSA) is 120 Å². The number of nitrogens with one attached hydrogen (secondary N) is 1. The van der Waals surface area contributed by atoms with Crippen molar-refractivity contribution in [3.8, 4) is 0 Å². The molecule has 1 aliphatic rings. The molecule has 0 spiro atoms. The minimum Gasteiger partial charge on any atom is -0.463 e. The highest BCUT2D eigenvalue weighted by Crippen LogP contribution is 2.24. The molecule has 10 heteroatoms. The molecule has 0 radical (unpaired) electrons. The Balaban J connectivity index is 2.46. The van der Waals surface area contributed by atoms with Crippen molar-refractivity contribution in [1.82, 2.24) is 10.2 Å². The number of methoxy groups -OCH3 is 1. The maximum atomic E-state index is 13.6. The van der Waals surface area contributed by atoms with Gasteiger partial charge in [-0.25, -0.2) is 0 Å². The lowest BCUT2D eigenvalue weighted by molar-refractivity contribution is -0.149. The number of ether oxygens (including phenoxy) is 4. The first-order valence-corrected chi connectivity index (χ1v) is 26.9. The lowest BCUT2D eigenvalue weighted by Crippen LogP contribution is -2.44. The molecule has 0 aliphatic carbocycles. The third-order valence-electron chi connectivity index (χ3n) is 13.0. The van der Waals surface area contributed by atoms with Crippen molar-refractivity contribution in [2.75, 3.05) is 33.4 Å². The molecule has 1 rings (SSSR count). The van der Waals surface area contributed by atoms with Gasteiger partial charge in [0.25, 0.3) is 0 Å². The van der Waals surface area contributed by atoms with Gasteiger partial charge < -0.3 is 29.2 Å². The van der Waals surface area contributed by atoms with Crippen LogP contribution in [-0.2, 0) is 38.1 Å². The number of hydrogen-bond donors (Lipinski definition) is 1. The van der Waals surface area contributed by atoms with Crippen LogP contribution in [-0.4, -0.2) is 85.4 Å². The molecule has 1 saturated heterocycles. The Bertz CT molecular complexity index is 1180.